The molecule has 2 aromatic rings. The van der Waals surface area contributed by atoms with Gasteiger partial charge in [0.25, 0.3) is 5.91 Å². The maximum absolute atomic E-state index is 13.2. The number of hydrogen-bond donors (Lipinski definition) is 2. The van der Waals surface area contributed by atoms with Crippen molar-refractivity contribution in [3.05, 3.63) is 58.1 Å². The number of nitrogens with one attached hydrogen (secondary N) is 2. The largest absolute Gasteiger partial charge is 0.359 e. The molecule has 0 saturated carbocycles. The average Bonchev–Trinajstić information content (AvgIpc) is 2.88. The molecule has 5 nitrogen and oxygen atoms in total. The summed E-state index contributed by atoms with van der Waals surface area (Å²) in [6, 6.07) is 10.1. The summed E-state index contributed by atoms with van der Waals surface area (Å²) in [5.41, 5.74) is 10.2. The van der Waals surface area contributed by atoms with Gasteiger partial charge in [-0.2, -0.15) is 0 Å². The molecule has 2 N–H and O–H groups in total. The fraction of sp³-hybridized carbons (Fsp3) is 0.333. The Morgan fingerprint density at radius 3 is 2.38 bits per heavy atom. The summed E-state index contributed by atoms with van der Waals surface area (Å²) < 4.78 is 0. The summed E-state index contributed by atoms with van der Waals surface area (Å²) in [6.07, 6.45) is 0.150. The van der Waals surface area contributed by atoms with E-state index in [9.17, 15) is 9.59 Å². The summed E-state index contributed by atoms with van der Waals surface area (Å²) in [6.45, 7) is 8.01. The highest BCUT2D eigenvalue weighted by Gasteiger charge is 2.40. The van der Waals surface area contributed by atoms with Gasteiger partial charge in [0.2, 0.25) is 5.91 Å². The van der Waals surface area contributed by atoms with E-state index < -0.39 is 5.92 Å². The van der Waals surface area contributed by atoms with Gasteiger partial charge in [-0.3, -0.25) is 15.0 Å². The van der Waals surface area contributed by atoms with Crippen LogP contribution in [0.15, 0.2) is 30.3 Å². The van der Waals surface area contributed by atoms with Crippen molar-refractivity contribution in [3.8, 4) is 0 Å². The number of carbonyl (C=O) groups excluding carboxylic acids is 2. The van der Waals surface area contributed by atoms with Crippen LogP contribution in [0.25, 0.3) is 0 Å². The van der Waals surface area contributed by atoms with E-state index in [4.69, 9.17) is 0 Å². The Balaban J connectivity index is 2.07. The molecule has 2 amide bonds. The minimum atomic E-state index is -0.470. The van der Waals surface area contributed by atoms with Crippen LogP contribution in [0.2, 0.25) is 0 Å². The van der Waals surface area contributed by atoms with Crippen LogP contribution >= 0.6 is 0 Å². The standard InChI is InChI=1S/C21H25N3O2/c1-12-6-7-13(2)17(10-12)23-24-20-15(4)9-8-14(3)19(20)16(21(24)26)11-18(25)22-5/h6-10,16,23H,11H2,1-5H3,(H,22,25). The highest BCUT2D eigenvalue weighted by molar-refractivity contribution is 6.09. The van der Waals surface area contributed by atoms with Crippen molar-refractivity contribution < 1.29 is 9.59 Å². The van der Waals surface area contributed by atoms with Crippen molar-refractivity contribution >= 4 is 23.2 Å². The molecule has 0 aromatic heterocycles. The zero-order valence-corrected chi connectivity index (χ0v) is 15.9. The third kappa shape index (κ3) is 3.05. The molecule has 1 aliphatic heterocycles. The Kier molecular flexibility index (Phi) is 4.72. The fourth-order valence-corrected chi connectivity index (χ4v) is 3.51. The molecule has 3 rings (SSSR count). The molecular weight excluding hydrogens is 326 g/mol. The summed E-state index contributed by atoms with van der Waals surface area (Å²) >= 11 is 0. The molecule has 1 unspecified atom stereocenters. The Labute approximate surface area is 154 Å². The van der Waals surface area contributed by atoms with Gasteiger partial charge in [-0.25, -0.2) is 5.01 Å². The van der Waals surface area contributed by atoms with Crippen molar-refractivity contribution in [1.29, 1.82) is 0 Å². The van der Waals surface area contributed by atoms with E-state index in [0.717, 1.165) is 39.2 Å². The van der Waals surface area contributed by atoms with Crippen LogP contribution in [-0.2, 0) is 9.59 Å². The van der Waals surface area contributed by atoms with E-state index in [-0.39, 0.29) is 18.2 Å². The molecule has 1 heterocycles. The first-order valence-corrected chi connectivity index (χ1v) is 8.82. The minimum Gasteiger partial charge on any atom is -0.359 e. The Morgan fingerprint density at radius 2 is 1.69 bits per heavy atom. The number of amides is 2. The van der Waals surface area contributed by atoms with Gasteiger partial charge in [-0.15, -0.1) is 0 Å². The lowest BCUT2D eigenvalue weighted by Crippen LogP contribution is -2.36. The quantitative estimate of drug-likeness (QED) is 0.886. The number of hydrogen-bond acceptors (Lipinski definition) is 3. The minimum absolute atomic E-state index is 0.0955. The molecule has 0 radical (unpaired) electrons. The molecule has 0 fully saturated rings. The van der Waals surface area contributed by atoms with Crippen molar-refractivity contribution in [1.82, 2.24) is 5.32 Å². The number of nitrogens with zero attached hydrogens (tertiary/aromatic N) is 1. The highest BCUT2D eigenvalue weighted by Crippen LogP contribution is 2.43. The van der Waals surface area contributed by atoms with Gasteiger partial charge in [-0.1, -0.05) is 24.3 Å². The number of benzene rings is 2. The predicted octanol–water partition coefficient (Wildman–Crippen LogP) is 3.51. The SMILES string of the molecule is CNC(=O)CC1C(=O)N(Nc2cc(C)ccc2C)c2c(C)ccc(C)c21. The molecule has 0 saturated heterocycles. The maximum Gasteiger partial charge on any atom is 0.253 e. The fourth-order valence-electron chi connectivity index (χ4n) is 3.51. The lowest BCUT2D eigenvalue weighted by Gasteiger charge is -2.23. The second-order valence-corrected chi connectivity index (χ2v) is 7.00. The number of fused-ring (bicyclic) bond motifs is 1. The van der Waals surface area contributed by atoms with Gasteiger partial charge < -0.3 is 5.32 Å². The summed E-state index contributed by atoms with van der Waals surface area (Å²) in [5, 5.41) is 4.25. The van der Waals surface area contributed by atoms with Crippen molar-refractivity contribution in [3.63, 3.8) is 0 Å². The Hall–Kier alpha value is -2.82. The zero-order valence-electron chi connectivity index (χ0n) is 15.9. The van der Waals surface area contributed by atoms with E-state index in [2.05, 4.69) is 10.7 Å². The van der Waals surface area contributed by atoms with Gasteiger partial charge in [0.05, 0.1) is 17.3 Å². The third-order valence-electron chi connectivity index (χ3n) is 5.02. The number of carbonyl (C=O) groups is 2. The van der Waals surface area contributed by atoms with Crippen LogP contribution in [0.4, 0.5) is 11.4 Å². The number of rotatable bonds is 4. The summed E-state index contributed by atoms with van der Waals surface area (Å²) in [4.78, 5) is 25.2. The molecule has 0 spiro atoms. The molecule has 136 valence electrons. The third-order valence-corrected chi connectivity index (χ3v) is 5.02. The van der Waals surface area contributed by atoms with Crippen LogP contribution in [0.1, 0.15) is 40.2 Å². The molecule has 1 atom stereocenters. The van der Waals surface area contributed by atoms with E-state index in [1.165, 1.54) is 0 Å². The Morgan fingerprint density at radius 1 is 1.04 bits per heavy atom. The van der Waals surface area contributed by atoms with Crippen molar-refractivity contribution in [2.75, 3.05) is 17.5 Å². The van der Waals surface area contributed by atoms with E-state index >= 15 is 0 Å². The molecule has 5 heteroatoms. The zero-order chi connectivity index (χ0) is 19.0. The van der Waals surface area contributed by atoms with E-state index in [1.807, 2.05) is 58.0 Å². The topological polar surface area (TPSA) is 61.4 Å². The molecule has 26 heavy (non-hydrogen) atoms. The number of hydrazine groups is 1. The highest BCUT2D eigenvalue weighted by atomic mass is 16.2. The second kappa shape index (κ2) is 6.83. The average molecular weight is 351 g/mol. The molecule has 1 aliphatic rings. The first-order valence-electron chi connectivity index (χ1n) is 8.82. The van der Waals surface area contributed by atoms with Crippen molar-refractivity contribution in [2.45, 2.75) is 40.0 Å². The van der Waals surface area contributed by atoms with Gasteiger partial charge in [0.15, 0.2) is 0 Å². The molecule has 0 aliphatic carbocycles. The van der Waals surface area contributed by atoms with Gasteiger partial charge >= 0.3 is 0 Å². The lowest BCUT2D eigenvalue weighted by atomic mass is 9.91. The monoisotopic (exact) mass is 351 g/mol. The second-order valence-electron chi connectivity index (χ2n) is 7.00. The number of anilines is 2. The normalized spacial score (nSPS) is 15.8. The smallest absolute Gasteiger partial charge is 0.253 e. The maximum atomic E-state index is 13.2. The molecular formula is C21H25N3O2. The van der Waals surface area contributed by atoms with Crippen LogP contribution < -0.4 is 15.8 Å². The summed E-state index contributed by atoms with van der Waals surface area (Å²) in [7, 11) is 1.60. The van der Waals surface area contributed by atoms with Crippen LogP contribution in [0.5, 0.6) is 0 Å². The van der Waals surface area contributed by atoms with Gasteiger partial charge in [0.1, 0.15) is 0 Å². The predicted molar refractivity (Wildman–Crippen MR) is 104 cm³/mol. The molecule has 2 aromatic carbocycles. The van der Waals surface area contributed by atoms with Crippen molar-refractivity contribution in [2.24, 2.45) is 0 Å². The lowest BCUT2D eigenvalue weighted by molar-refractivity contribution is -0.125. The van der Waals surface area contributed by atoms with E-state index in [1.54, 1.807) is 12.1 Å². The molecule has 0 bridgehead atoms. The van der Waals surface area contributed by atoms with Gasteiger partial charge in [-0.05, 0) is 61.6 Å². The van der Waals surface area contributed by atoms with Crippen LogP contribution in [-0.4, -0.2) is 18.9 Å². The van der Waals surface area contributed by atoms with Crippen LogP contribution in [0, 0.1) is 27.7 Å². The summed E-state index contributed by atoms with van der Waals surface area (Å²) in [5.74, 6) is -0.701. The van der Waals surface area contributed by atoms with Crippen LogP contribution in [0.3, 0.4) is 0 Å². The number of aryl methyl sites for hydroxylation is 4. The first-order chi connectivity index (χ1) is 12.3. The first kappa shape index (κ1) is 18.0. The Bertz CT molecular complexity index is 889. The van der Waals surface area contributed by atoms with Gasteiger partial charge in [0, 0.05) is 13.5 Å². The van der Waals surface area contributed by atoms with E-state index in [0.29, 0.717) is 0 Å².